The minimum Gasteiger partial charge on any atom is -0.397 e. The Kier molecular flexibility index (Phi) is 7.65. The topological polar surface area (TPSA) is 77.8 Å². The van der Waals surface area contributed by atoms with Crippen molar-refractivity contribution in [1.29, 1.82) is 0 Å². The summed E-state index contributed by atoms with van der Waals surface area (Å²) in [6.07, 6.45) is 7.00. The molecule has 3 rings (SSSR count). The summed E-state index contributed by atoms with van der Waals surface area (Å²) in [6.45, 7) is 0. The van der Waals surface area contributed by atoms with Gasteiger partial charge in [0.25, 0.3) is 0 Å². The zero-order valence-corrected chi connectivity index (χ0v) is 11.1. The number of nitrogens with two attached hydrogens (primary N) is 2. The average Bonchev–Trinajstić information content (AvgIpc) is 2.55. The Labute approximate surface area is 119 Å². The number of para-hydroxylation sites is 2. The van der Waals surface area contributed by atoms with E-state index in [1.54, 1.807) is 36.9 Å². The quantitative estimate of drug-likeness (QED) is 0.613. The first-order valence-electron chi connectivity index (χ1n) is 6.10. The van der Waals surface area contributed by atoms with Gasteiger partial charge < -0.3 is 11.5 Å². The largest absolute Gasteiger partial charge is 0.397 e. The van der Waals surface area contributed by atoms with Gasteiger partial charge in [0.2, 0.25) is 0 Å². The van der Waals surface area contributed by atoms with E-state index in [-0.39, 0.29) is 0 Å². The van der Waals surface area contributed by atoms with Crippen molar-refractivity contribution in [3.63, 3.8) is 0 Å². The third kappa shape index (κ3) is 7.45. The van der Waals surface area contributed by atoms with Crippen LogP contribution in [0.3, 0.4) is 0 Å². The number of pyridine rings is 2. The van der Waals surface area contributed by atoms with Gasteiger partial charge in [-0.1, -0.05) is 24.3 Å². The number of rotatable bonds is 0. The fourth-order valence-electron chi connectivity index (χ4n) is 1.14. The maximum Gasteiger partial charge on any atom is 0.0547 e. The van der Waals surface area contributed by atoms with E-state index < -0.39 is 0 Å². The summed E-state index contributed by atoms with van der Waals surface area (Å²) in [5.41, 5.74) is 12.1. The van der Waals surface area contributed by atoms with Crippen molar-refractivity contribution in [1.82, 2.24) is 9.97 Å². The van der Waals surface area contributed by atoms with Crippen molar-refractivity contribution < 1.29 is 0 Å². The van der Waals surface area contributed by atoms with E-state index in [1.165, 1.54) is 0 Å². The highest BCUT2D eigenvalue weighted by molar-refractivity contribution is 5.62. The zero-order chi connectivity index (χ0) is 14.5. The van der Waals surface area contributed by atoms with Crippen molar-refractivity contribution in [2.75, 3.05) is 11.5 Å². The zero-order valence-electron chi connectivity index (χ0n) is 11.1. The minimum absolute atomic E-state index is 0.646. The number of nitrogen functional groups attached to an aromatic ring is 2. The Bertz CT molecular complexity index is 450. The molecule has 0 saturated heterocycles. The highest BCUT2D eigenvalue weighted by Crippen LogP contribution is 2.10. The molecule has 0 saturated carbocycles. The van der Waals surface area contributed by atoms with Crippen molar-refractivity contribution >= 4 is 11.4 Å². The molecule has 1 aromatic carbocycles. The van der Waals surface area contributed by atoms with E-state index in [0.717, 1.165) is 0 Å². The number of nitrogens with zero attached hydrogens (tertiary/aromatic N) is 2. The molecule has 0 fully saturated rings. The van der Waals surface area contributed by atoms with Crippen LogP contribution in [0.2, 0.25) is 0 Å². The summed E-state index contributed by atoms with van der Waals surface area (Å²) < 4.78 is 0. The molecule has 0 unspecified atom stereocenters. The first-order chi connectivity index (χ1) is 9.80. The smallest absolute Gasteiger partial charge is 0.0547 e. The lowest BCUT2D eigenvalue weighted by atomic mass is 10.3. The molecule has 102 valence electrons. The van der Waals surface area contributed by atoms with E-state index >= 15 is 0 Å². The van der Waals surface area contributed by atoms with E-state index in [4.69, 9.17) is 11.5 Å². The molecule has 2 heterocycles. The molecule has 4 nitrogen and oxygen atoms in total. The lowest BCUT2D eigenvalue weighted by Gasteiger charge is -1.94. The number of hydrogen-bond donors (Lipinski definition) is 2. The van der Waals surface area contributed by atoms with Crippen LogP contribution in [0.4, 0.5) is 11.4 Å². The Morgan fingerprint density at radius 1 is 0.500 bits per heavy atom. The van der Waals surface area contributed by atoms with E-state index in [2.05, 4.69) is 9.97 Å². The van der Waals surface area contributed by atoms with Crippen LogP contribution in [0.1, 0.15) is 0 Å². The van der Waals surface area contributed by atoms with Crippen LogP contribution in [0.15, 0.2) is 85.5 Å². The summed E-state index contributed by atoms with van der Waals surface area (Å²) in [5, 5.41) is 0. The molecule has 4 heteroatoms. The Hall–Kier alpha value is -2.88. The van der Waals surface area contributed by atoms with Crippen LogP contribution < -0.4 is 11.5 Å². The number of anilines is 2. The van der Waals surface area contributed by atoms with Crippen LogP contribution in [0.5, 0.6) is 0 Å². The van der Waals surface area contributed by atoms with Crippen LogP contribution >= 0.6 is 0 Å². The van der Waals surface area contributed by atoms with Crippen molar-refractivity contribution in [2.45, 2.75) is 0 Å². The average molecular weight is 266 g/mol. The van der Waals surface area contributed by atoms with Gasteiger partial charge >= 0.3 is 0 Å². The van der Waals surface area contributed by atoms with Crippen molar-refractivity contribution in [3.05, 3.63) is 85.5 Å². The van der Waals surface area contributed by atoms with Gasteiger partial charge in [0.15, 0.2) is 0 Å². The second kappa shape index (κ2) is 10.1. The maximum atomic E-state index is 5.39. The Morgan fingerprint density at radius 2 is 0.850 bits per heavy atom. The highest BCUT2D eigenvalue weighted by atomic mass is 14.7. The summed E-state index contributed by atoms with van der Waals surface area (Å²) in [7, 11) is 0. The molecular formula is C16H18N4. The van der Waals surface area contributed by atoms with Gasteiger partial charge in [-0.3, -0.25) is 9.97 Å². The second-order valence-electron chi connectivity index (χ2n) is 3.68. The first-order valence-corrected chi connectivity index (χ1v) is 6.10. The van der Waals surface area contributed by atoms with Gasteiger partial charge in [-0.2, -0.15) is 0 Å². The molecule has 0 amide bonds. The van der Waals surface area contributed by atoms with Gasteiger partial charge in [-0.25, -0.2) is 0 Å². The number of aromatic nitrogens is 2. The molecule has 0 atom stereocenters. The normalized spacial score (nSPS) is 8.40. The molecule has 4 N–H and O–H groups in total. The predicted octanol–water partition coefficient (Wildman–Crippen LogP) is 3.01. The van der Waals surface area contributed by atoms with Crippen LogP contribution in [-0.4, -0.2) is 9.97 Å². The van der Waals surface area contributed by atoms with Gasteiger partial charge in [0, 0.05) is 24.8 Å². The molecule has 20 heavy (non-hydrogen) atoms. The molecule has 0 aliphatic carbocycles. The second-order valence-corrected chi connectivity index (χ2v) is 3.68. The Morgan fingerprint density at radius 3 is 1.00 bits per heavy atom. The SMILES string of the molecule is Nc1ccccc1N.c1ccncc1.c1ccncc1. The van der Waals surface area contributed by atoms with Crippen LogP contribution in [-0.2, 0) is 0 Å². The van der Waals surface area contributed by atoms with Gasteiger partial charge in [0.05, 0.1) is 11.4 Å². The lowest BCUT2D eigenvalue weighted by molar-refractivity contribution is 1.33. The van der Waals surface area contributed by atoms with E-state index in [1.807, 2.05) is 48.5 Å². The van der Waals surface area contributed by atoms with E-state index in [0.29, 0.717) is 11.4 Å². The molecule has 3 aromatic rings. The number of hydrogen-bond acceptors (Lipinski definition) is 4. The molecule has 0 bridgehead atoms. The minimum atomic E-state index is 0.646. The fourth-order valence-corrected chi connectivity index (χ4v) is 1.14. The van der Waals surface area contributed by atoms with Gasteiger partial charge in [0.1, 0.15) is 0 Å². The molecule has 0 aliphatic heterocycles. The standard InChI is InChI=1S/C6H8N2.2C5H5N/c7-5-3-1-2-4-6(5)8;2*1-2-4-6-5-3-1/h1-4H,7-8H2;2*1-5H. The van der Waals surface area contributed by atoms with E-state index in [9.17, 15) is 0 Å². The monoisotopic (exact) mass is 266 g/mol. The number of benzene rings is 1. The van der Waals surface area contributed by atoms with Crippen LogP contribution in [0.25, 0.3) is 0 Å². The molecular weight excluding hydrogens is 248 g/mol. The third-order valence-corrected chi connectivity index (χ3v) is 2.13. The molecule has 0 radical (unpaired) electrons. The molecule has 2 aromatic heterocycles. The fraction of sp³-hybridized carbons (Fsp3) is 0. The predicted molar refractivity (Wildman–Crippen MR) is 83.7 cm³/mol. The summed E-state index contributed by atoms with van der Waals surface area (Å²) in [6, 6.07) is 18.7. The summed E-state index contributed by atoms with van der Waals surface area (Å²) in [5.74, 6) is 0. The summed E-state index contributed by atoms with van der Waals surface area (Å²) >= 11 is 0. The first kappa shape index (κ1) is 15.2. The van der Waals surface area contributed by atoms with Gasteiger partial charge in [-0.05, 0) is 36.4 Å². The molecule has 0 spiro atoms. The third-order valence-electron chi connectivity index (χ3n) is 2.13. The maximum absolute atomic E-state index is 5.39. The van der Waals surface area contributed by atoms with Crippen molar-refractivity contribution in [2.24, 2.45) is 0 Å². The Balaban J connectivity index is 0.000000152. The molecule has 0 aliphatic rings. The van der Waals surface area contributed by atoms with Crippen molar-refractivity contribution in [3.8, 4) is 0 Å². The van der Waals surface area contributed by atoms with Crippen LogP contribution in [0, 0.1) is 0 Å². The summed E-state index contributed by atoms with van der Waals surface area (Å²) in [4.78, 5) is 7.57. The lowest BCUT2D eigenvalue weighted by Crippen LogP contribution is -1.91. The van der Waals surface area contributed by atoms with Gasteiger partial charge in [-0.15, -0.1) is 0 Å². The highest BCUT2D eigenvalue weighted by Gasteiger charge is 1.85.